The highest BCUT2D eigenvalue weighted by Crippen LogP contribution is 2.25. The zero-order valence-electron chi connectivity index (χ0n) is 14.6. The summed E-state index contributed by atoms with van der Waals surface area (Å²) in [6.45, 7) is 6.37. The molecule has 0 spiro atoms. The number of nitrogens with one attached hydrogen (secondary N) is 1. The Kier molecular flexibility index (Phi) is 5.84. The van der Waals surface area contributed by atoms with Gasteiger partial charge in [-0.15, -0.1) is 15.3 Å². The highest BCUT2D eigenvalue weighted by molar-refractivity contribution is 8.01. The van der Waals surface area contributed by atoms with E-state index in [9.17, 15) is 4.79 Å². The van der Waals surface area contributed by atoms with Crippen LogP contribution in [-0.4, -0.2) is 43.5 Å². The average molecular weight is 390 g/mol. The van der Waals surface area contributed by atoms with Gasteiger partial charge in [0.25, 0.3) is 5.91 Å². The van der Waals surface area contributed by atoms with Crippen molar-refractivity contribution in [2.75, 3.05) is 17.7 Å². The van der Waals surface area contributed by atoms with Gasteiger partial charge in [-0.1, -0.05) is 35.2 Å². The van der Waals surface area contributed by atoms with Crippen molar-refractivity contribution in [2.24, 2.45) is 0 Å². The summed E-state index contributed by atoms with van der Waals surface area (Å²) in [5.74, 6) is 1.32. The smallest absolute Gasteiger partial charge is 0.279 e. The van der Waals surface area contributed by atoms with Gasteiger partial charge in [0.15, 0.2) is 10.0 Å². The van der Waals surface area contributed by atoms with E-state index in [4.69, 9.17) is 4.74 Å². The summed E-state index contributed by atoms with van der Waals surface area (Å²) in [6, 6.07) is 7.45. The van der Waals surface area contributed by atoms with E-state index >= 15 is 0 Å². The van der Waals surface area contributed by atoms with E-state index in [0.717, 1.165) is 21.5 Å². The van der Waals surface area contributed by atoms with Crippen molar-refractivity contribution in [3.05, 3.63) is 35.7 Å². The summed E-state index contributed by atoms with van der Waals surface area (Å²) in [5.41, 5.74) is 1.69. The van der Waals surface area contributed by atoms with Gasteiger partial charge in [-0.05, 0) is 43.9 Å². The first-order valence-corrected chi connectivity index (χ1v) is 9.85. The molecule has 2 aromatic heterocycles. The SMILES string of the molecule is CCOc1ccc(-n2nnc(C(=O)Nc3nnc(SCC)s3)c2C)cc1. The second-order valence-corrected chi connectivity index (χ2v) is 7.61. The van der Waals surface area contributed by atoms with Crippen LogP contribution in [0, 0.1) is 6.92 Å². The molecule has 3 rings (SSSR count). The number of anilines is 1. The molecule has 1 N–H and O–H groups in total. The minimum atomic E-state index is -0.358. The fraction of sp³-hybridized carbons (Fsp3) is 0.312. The Morgan fingerprint density at radius 2 is 2.00 bits per heavy atom. The van der Waals surface area contributed by atoms with Crippen molar-refractivity contribution in [2.45, 2.75) is 25.1 Å². The van der Waals surface area contributed by atoms with E-state index in [2.05, 4.69) is 25.8 Å². The van der Waals surface area contributed by atoms with E-state index in [1.807, 2.05) is 38.1 Å². The maximum atomic E-state index is 12.5. The first kappa shape index (κ1) is 18.3. The molecule has 0 radical (unpaired) electrons. The molecule has 10 heteroatoms. The third kappa shape index (κ3) is 4.02. The van der Waals surface area contributed by atoms with Crippen LogP contribution in [0.4, 0.5) is 5.13 Å². The average Bonchev–Trinajstić information content (AvgIpc) is 3.23. The molecule has 3 aromatic rings. The molecule has 1 amide bonds. The van der Waals surface area contributed by atoms with Crippen LogP contribution in [0.1, 0.15) is 30.0 Å². The number of hydrogen-bond donors (Lipinski definition) is 1. The lowest BCUT2D eigenvalue weighted by Crippen LogP contribution is -2.14. The van der Waals surface area contributed by atoms with Crippen molar-refractivity contribution in [3.8, 4) is 11.4 Å². The number of benzene rings is 1. The van der Waals surface area contributed by atoms with E-state index in [1.54, 1.807) is 23.4 Å². The Morgan fingerprint density at radius 1 is 1.23 bits per heavy atom. The van der Waals surface area contributed by atoms with Gasteiger partial charge in [0, 0.05) is 0 Å². The van der Waals surface area contributed by atoms with Gasteiger partial charge in [0.1, 0.15) is 5.75 Å². The second kappa shape index (κ2) is 8.28. The van der Waals surface area contributed by atoms with Gasteiger partial charge in [0.2, 0.25) is 5.13 Å². The zero-order valence-corrected chi connectivity index (χ0v) is 16.2. The van der Waals surface area contributed by atoms with Crippen LogP contribution in [0.2, 0.25) is 0 Å². The minimum Gasteiger partial charge on any atom is -0.494 e. The van der Waals surface area contributed by atoms with E-state index in [1.165, 1.54) is 11.3 Å². The number of aromatic nitrogens is 5. The highest BCUT2D eigenvalue weighted by Gasteiger charge is 2.19. The molecule has 0 aliphatic heterocycles. The summed E-state index contributed by atoms with van der Waals surface area (Å²) in [6.07, 6.45) is 0. The van der Waals surface area contributed by atoms with Gasteiger partial charge in [0.05, 0.1) is 18.0 Å². The Hall–Kier alpha value is -2.46. The molecule has 0 aliphatic rings. The van der Waals surface area contributed by atoms with Crippen LogP contribution in [0.3, 0.4) is 0 Å². The normalized spacial score (nSPS) is 10.7. The molecule has 0 atom stereocenters. The molecule has 0 saturated carbocycles. The van der Waals surface area contributed by atoms with Crippen molar-refractivity contribution >= 4 is 34.1 Å². The largest absolute Gasteiger partial charge is 0.494 e. The Labute approximate surface area is 159 Å². The van der Waals surface area contributed by atoms with Gasteiger partial charge in [-0.2, -0.15) is 0 Å². The van der Waals surface area contributed by atoms with Gasteiger partial charge >= 0.3 is 0 Å². The monoisotopic (exact) mass is 390 g/mol. The highest BCUT2D eigenvalue weighted by atomic mass is 32.2. The Balaban J connectivity index is 1.75. The van der Waals surface area contributed by atoms with Crippen molar-refractivity contribution in [3.63, 3.8) is 0 Å². The summed E-state index contributed by atoms with van der Waals surface area (Å²) in [5, 5.41) is 19.3. The fourth-order valence-corrected chi connectivity index (χ4v) is 3.88. The quantitative estimate of drug-likeness (QED) is 0.489. The number of carbonyl (C=O) groups is 1. The van der Waals surface area contributed by atoms with Crippen LogP contribution in [-0.2, 0) is 0 Å². The number of amides is 1. The van der Waals surface area contributed by atoms with Crippen LogP contribution >= 0.6 is 23.1 Å². The molecular formula is C16H18N6O2S2. The number of carbonyl (C=O) groups excluding carboxylic acids is 1. The number of thioether (sulfide) groups is 1. The molecule has 26 heavy (non-hydrogen) atoms. The lowest BCUT2D eigenvalue weighted by atomic mass is 10.2. The fourth-order valence-electron chi connectivity index (χ4n) is 2.23. The molecule has 0 fully saturated rings. The summed E-state index contributed by atoms with van der Waals surface area (Å²) < 4.78 is 7.86. The Morgan fingerprint density at radius 3 is 2.69 bits per heavy atom. The summed E-state index contributed by atoms with van der Waals surface area (Å²) >= 11 is 2.91. The maximum absolute atomic E-state index is 12.5. The van der Waals surface area contributed by atoms with Gasteiger partial charge in [-0.3, -0.25) is 10.1 Å². The van der Waals surface area contributed by atoms with Gasteiger partial charge < -0.3 is 4.74 Å². The van der Waals surface area contributed by atoms with E-state index in [0.29, 0.717) is 17.4 Å². The molecule has 1 aromatic carbocycles. The molecule has 8 nitrogen and oxygen atoms in total. The van der Waals surface area contributed by atoms with Crippen LogP contribution in [0.25, 0.3) is 5.69 Å². The number of rotatable bonds is 7. The van der Waals surface area contributed by atoms with Crippen LogP contribution in [0.5, 0.6) is 5.75 Å². The first-order valence-electron chi connectivity index (χ1n) is 8.05. The predicted molar refractivity (Wildman–Crippen MR) is 102 cm³/mol. The van der Waals surface area contributed by atoms with Crippen LogP contribution < -0.4 is 10.1 Å². The lowest BCUT2D eigenvalue weighted by molar-refractivity contribution is 0.102. The van der Waals surface area contributed by atoms with E-state index in [-0.39, 0.29) is 11.6 Å². The molecular weight excluding hydrogens is 372 g/mol. The van der Waals surface area contributed by atoms with Crippen molar-refractivity contribution in [1.29, 1.82) is 0 Å². The summed E-state index contributed by atoms with van der Waals surface area (Å²) in [7, 11) is 0. The Bertz CT molecular complexity index is 891. The van der Waals surface area contributed by atoms with Crippen LogP contribution in [0.15, 0.2) is 28.6 Å². The number of ether oxygens (including phenoxy) is 1. The molecule has 136 valence electrons. The number of hydrogen-bond acceptors (Lipinski definition) is 8. The molecule has 0 unspecified atom stereocenters. The molecule has 0 saturated heterocycles. The van der Waals surface area contributed by atoms with E-state index < -0.39 is 0 Å². The third-order valence-electron chi connectivity index (χ3n) is 3.40. The minimum absolute atomic E-state index is 0.249. The zero-order chi connectivity index (χ0) is 18.5. The second-order valence-electron chi connectivity index (χ2n) is 5.12. The summed E-state index contributed by atoms with van der Waals surface area (Å²) in [4.78, 5) is 12.5. The standard InChI is InChI=1S/C16H18N6O2S2/c1-4-24-12-8-6-11(7-9-12)22-10(3)13(18-21-22)14(23)17-15-19-20-16(26-15)25-5-2/h6-9H,4-5H2,1-3H3,(H,17,19,23). The number of nitrogens with zero attached hydrogens (tertiary/aromatic N) is 5. The van der Waals surface area contributed by atoms with Gasteiger partial charge in [-0.25, -0.2) is 4.68 Å². The van der Waals surface area contributed by atoms with Crippen molar-refractivity contribution in [1.82, 2.24) is 25.2 Å². The third-order valence-corrected chi connectivity index (χ3v) is 5.25. The predicted octanol–water partition coefficient (Wildman–Crippen LogP) is 3.19. The molecule has 0 bridgehead atoms. The molecule has 0 aliphatic carbocycles. The van der Waals surface area contributed by atoms with Crippen molar-refractivity contribution < 1.29 is 9.53 Å². The maximum Gasteiger partial charge on any atom is 0.279 e. The first-order chi connectivity index (χ1) is 12.6. The lowest BCUT2D eigenvalue weighted by Gasteiger charge is -2.06. The molecule has 2 heterocycles. The topological polar surface area (TPSA) is 94.8 Å².